The van der Waals surface area contributed by atoms with Crippen LogP contribution in [0, 0.1) is 0 Å². The lowest BCUT2D eigenvalue weighted by Gasteiger charge is -2.27. The third-order valence-electron chi connectivity index (χ3n) is 4.42. The van der Waals surface area contributed by atoms with Crippen molar-refractivity contribution in [2.75, 3.05) is 19.6 Å². The summed E-state index contributed by atoms with van der Waals surface area (Å²) in [5.74, 6) is 1.29. The van der Waals surface area contributed by atoms with Crippen LogP contribution >= 0.6 is 0 Å². The molecule has 0 aromatic carbocycles. The molecule has 1 unspecified atom stereocenters. The molecule has 1 aromatic heterocycles. The van der Waals surface area contributed by atoms with Gasteiger partial charge in [-0.25, -0.2) is 4.98 Å². The van der Waals surface area contributed by atoms with E-state index in [9.17, 15) is 4.79 Å². The minimum Gasteiger partial charge on any atom is -0.353 e. The fraction of sp³-hybridized carbons (Fsp3) is 0.733. The summed E-state index contributed by atoms with van der Waals surface area (Å²) in [6.45, 7) is 4.20. The molecule has 1 aromatic rings. The maximum absolute atomic E-state index is 12.0. The van der Waals surface area contributed by atoms with Gasteiger partial charge in [-0.1, -0.05) is 6.42 Å². The largest absolute Gasteiger partial charge is 0.353 e. The Balaban J connectivity index is 1.41. The van der Waals surface area contributed by atoms with Crippen molar-refractivity contribution in [3.05, 3.63) is 18.2 Å². The van der Waals surface area contributed by atoms with Crippen LogP contribution in [0.5, 0.6) is 0 Å². The zero-order valence-electron chi connectivity index (χ0n) is 12.1. The third kappa shape index (κ3) is 3.39. The van der Waals surface area contributed by atoms with Crippen LogP contribution in [0.1, 0.15) is 37.9 Å². The Kier molecular flexibility index (Phi) is 4.35. The number of likely N-dealkylation sites (tertiary alicyclic amines) is 1. The van der Waals surface area contributed by atoms with E-state index in [-0.39, 0.29) is 11.9 Å². The molecule has 5 nitrogen and oxygen atoms in total. The van der Waals surface area contributed by atoms with E-state index < -0.39 is 0 Å². The Morgan fingerprint density at radius 1 is 1.30 bits per heavy atom. The molecule has 0 spiro atoms. The second kappa shape index (κ2) is 6.39. The highest BCUT2D eigenvalue weighted by Crippen LogP contribution is 2.13. The smallest absolute Gasteiger partial charge is 0.221 e. The fourth-order valence-electron chi connectivity index (χ4n) is 3.22. The maximum atomic E-state index is 12.0. The van der Waals surface area contributed by atoms with Crippen LogP contribution in [0.15, 0.2) is 12.4 Å². The van der Waals surface area contributed by atoms with E-state index in [4.69, 9.17) is 0 Å². The Hall–Kier alpha value is -1.36. The first kappa shape index (κ1) is 13.6. The molecule has 3 rings (SSSR count). The average molecular weight is 276 g/mol. The minimum absolute atomic E-state index is 0.195. The molecule has 2 aliphatic heterocycles. The summed E-state index contributed by atoms with van der Waals surface area (Å²) in [6, 6.07) is 0.263. The summed E-state index contributed by atoms with van der Waals surface area (Å²) in [5.41, 5.74) is 0. The number of rotatable bonds is 4. The first-order chi connectivity index (χ1) is 9.81. The predicted octanol–water partition coefficient (Wildman–Crippen LogP) is 1.19. The lowest BCUT2D eigenvalue weighted by molar-refractivity contribution is -0.122. The van der Waals surface area contributed by atoms with Crippen LogP contribution in [-0.2, 0) is 17.8 Å². The van der Waals surface area contributed by atoms with Gasteiger partial charge in [-0.05, 0) is 32.4 Å². The molecule has 1 amide bonds. The monoisotopic (exact) mass is 276 g/mol. The standard InChI is InChI=1S/C15H24N4O/c20-15(5-9-18-7-2-1-3-8-18)17-13-4-10-19-11-6-16-14(19)12-13/h6,11,13H,1-5,7-10,12H2,(H,17,20). The summed E-state index contributed by atoms with van der Waals surface area (Å²) >= 11 is 0. The van der Waals surface area contributed by atoms with Crippen molar-refractivity contribution >= 4 is 5.91 Å². The van der Waals surface area contributed by atoms with Gasteiger partial charge in [0.25, 0.3) is 0 Å². The molecular formula is C15H24N4O. The van der Waals surface area contributed by atoms with Gasteiger partial charge in [0.1, 0.15) is 5.82 Å². The molecule has 0 saturated carbocycles. The molecule has 5 heteroatoms. The summed E-state index contributed by atoms with van der Waals surface area (Å²) in [5, 5.41) is 3.17. The van der Waals surface area contributed by atoms with Gasteiger partial charge >= 0.3 is 0 Å². The molecule has 0 aliphatic carbocycles. The van der Waals surface area contributed by atoms with Crippen LogP contribution < -0.4 is 5.32 Å². The molecule has 1 N–H and O–H groups in total. The summed E-state index contributed by atoms with van der Waals surface area (Å²) in [4.78, 5) is 18.8. The van der Waals surface area contributed by atoms with Crippen LogP contribution in [0.4, 0.5) is 0 Å². The molecule has 1 atom stereocenters. The number of nitrogens with zero attached hydrogens (tertiary/aromatic N) is 3. The Labute approximate surface area is 120 Å². The van der Waals surface area contributed by atoms with Crippen LogP contribution in [-0.4, -0.2) is 46.0 Å². The maximum Gasteiger partial charge on any atom is 0.221 e. The van der Waals surface area contributed by atoms with Crippen molar-refractivity contribution in [3.63, 3.8) is 0 Å². The number of nitrogens with one attached hydrogen (secondary N) is 1. The molecule has 110 valence electrons. The normalized spacial score (nSPS) is 23.3. The molecule has 1 saturated heterocycles. The molecule has 0 radical (unpaired) electrons. The highest BCUT2D eigenvalue weighted by Gasteiger charge is 2.21. The highest BCUT2D eigenvalue weighted by atomic mass is 16.1. The number of hydrogen-bond donors (Lipinski definition) is 1. The minimum atomic E-state index is 0.195. The van der Waals surface area contributed by atoms with Crippen molar-refractivity contribution < 1.29 is 4.79 Å². The molecule has 20 heavy (non-hydrogen) atoms. The zero-order chi connectivity index (χ0) is 13.8. The van der Waals surface area contributed by atoms with Gasteiger partial charge in [-0.3, -0.25) is 4.79 Å². The molecule has 0 bridgehead atoms. The number of fused-ring (bicyclic) bond motifs is 1. The summed E-state index contributed by atoms with van der Waals surface area (Å²) in [7, 11) is 0. The zero-order valence-corrected chi connectivity index (χ0v) is 12.1. The van der Waals surface area contributed by atoms with E-state index in [1.807, 2.05) is 12.4 Å². The van der Waals surface area contributed by atoms with E-state index in [1.54, 1.807) is 0 Å². The van der Waals surface area contributed by atoms with E-state index in [1.165, 1.54) is 19.3 Å². The third-order valence-corrected chi connectivity index (χ3v) is 4.42. The lowest BCUT2D eigenvalue weighted by Crippen LogP contribution is -2.41. The number of amides is 1. The first-order valence-electron chi connectivity index (χ1n) is 7.83. The van der Waals surface area contributed by atoms with E-state index in [2.05, 4.69) is 19.8 Å². The first-order valence-corrected chi connectivity index (χ1v) is 7.83. The van der Waals surface area contributed by atoms with Gasteiger partial charge in [0, 0.05) is 44.4 Å². The SMILES string of the molecule is O=C(CCN1CCCCC1)NC1CCn2ccnc2C1. The number of imidazole rings is 1. The van der Waals surface area contributed by atoms with Crippen molar-refractivity contribution in [2.45, 2.75) is 51.1 Å². The van der Waals surface area contributed by atoms with Gasteiger partial charge in [0.05, 0.1) is 0 Å². The van der Waals surface area contributed by atoms with E-state index in [0.29, 0.717) is 6.42 Å². The fourth-order valence-corrected chi connectivity index (χ4v) is 3.22. The second-order valence-corrected chi connectivity index (χ2v) is 5.95. The number of aromatic nitrogens is 2. The van der Waals surface area contributed by atoms with Crippen molar-refractivity contribution in [1.29, 1.82) is 0 Å². The number of hydrogen-bond acceptors (Lipinski definition) is 3. The Morgan fingerprint density at radius 3 is 3.00 bits per heavy atom. The average Bonchev–Trinajstić information content (AvgIpc) is 2.94. The van der Waals surface area contributed by atoms with E-state index in [0.717, 1.165) is 44.8 Å². The van der Waals surface area contributed by atoms with Gasteiger partial charge in [0.2, 0.25) is 5.91 Å². The lowest BCUT2D eigenvalue weighted by atomic mass is 10.1. The molecular weight excluding hydrogens is 252 g/mol. The van der Waals surface area contributed by atoms with Gasteiger partial charge in [-0.15, -0.1) is 0 Å². The summed E-state index contributed by atoms with van der Waals surface area (Å²) < 4.78 is 2.18. The number of piperidine rings is 1. The molecule has 1 fully saturated rings. The van der Waals surface area contributed by atoms with Crippen LogP contribution in [0.2, 0.25) is 0 Å². The van der Waals surface area contributed by atoms with E-state index >= 15 is 0 Å². The van der Waals surface area contributed by atoms with Crippen LogP contribution in [0.25, 0.3) is 0 Å². The Morgan fingerprint density at radius 2 is 2.15 bits per heavy atom. The van der Waals surface area contributed by atoms with Crippen molar-refractivity contribution in [2.24, 2.45) is 0 Å². The van der Waals surface area contributed by atoms with Gasteiger partial charge in [-0.2, -0.15) is 0 Å². The quantitative estimate of drug-likeness (QED) is 0.899. The summed E-state index contributed by atoms with van der Waals surface area (Å²) in [6.07, 6.45) is 10.3. The van der Waals surface area contributed by atoms with Crippen molar-refractivity contribution in [3.8, 4) is 0 Å². The van der Waals surface area contributed by atoms with Crippen molar-refractivity contribution in [1.82, 2.24) is 19.8 Å². The predicted molar refractivity (Wildman–Crippen MR) is 77.4 cm³/mol. The Bertz CT molecular complexity index is 450. The highest BCUT2D eigenvalue weighted by molar-refractivity contribution is 5.76. The van der Waals surface area contributed by atoms with Gasteiger partial charge in [0.15, 0.2) is 0 Å². The van der Waals surface area contributed by atoms with Gasteiger partial charge < -0.3 is 14.8 Å². The topological polar surface area (TPSA) is 50.2 Å². The number of aryl methyl sites for hydroxylation is 1. The van der Waals surface area contributed by atoms with Crippen LogP contribution in [0.3, 0.4) is 0 Å². The molecule has 3 heterocycles. The molecule has 2 aliphatic rings. The second-order valence-electron chi connectivity index (χ2n) is 5.95. The number of carbonyl (C=O) groups excluding carboxylic acids is 1. The number of carbonyl (C=O) groups is 1.